The van der Waals surface area contributed by atoms with Crippen LogP contribution in [0.1, 0.15) is 32.1 Å². The van der Waals surface area contributed by atoms with Crippen molar-refractivity contribution in [3.8, 4) is 0 Å². The maximum Gasteiger partial charge on any atom is 0.0471 e. The first-order valence-electron chi connectivity index (χ1n) is 5.63. The van der Waals surface area contributed by atoms with E-state index in [2.05, 4.69) is 28.1 Å². The second-order valence-electron chi connectivity index (χ2n) is 4.76. The highest BCUT2D eigenvalue weighted by molar-refractivity contribution is 9.09. The van der Waals surface area contributed by atoms with E-state index < -0.39 is 0 Å². The molecule has 2 rings (SSSR count). The zero-order valence-corrected chi connectivity index (χ0v) is 10.3. The van der Waals surface area contributed by atoms with Crippen LogP contribution >= 0.6 is 15.9 Å². The van der Waals surface area contributed by atoms with Crippen molar-refractivity contribution < 1.29 is 4.74 Å². The molecule has 14 heavy (non-hydrogen) atoms. The van der Waals surface area contributed by atoms with Crippen molar-refractivity contribution in [2.24, 2.45) is 11.3 Å². The van der Waals surface area contributed by atoms with E-state index in [1.165, 1.54) is 32.1 Å². The lowest BCUT2D eigenvalue weighted by Crippen LogP contribution is -2.32. The topological polar surface area (TPSA) is 9.23 Å². The molecule has 2 heteroatoms. The highest BCUT2D eigenvalue weighted by Crippen LogP contribution is 2.41. The summed E-state index contributed by atoms with van der Waals surface area (Å²) in [5.41, 5.74) is 0.537. The Morgan fingerprint density at radius 3 is 2.43 bits per heavy atom. The molecule has 0 N–H and O–H groups in total. The van der Waals surface area contributed by atoms with Gasteiger partial charge in [0.2, 0.25) is 0 Å². The number of hydrogen-bond acceptors (Lipinski definition) is 1. The molecule has 0 radical (unpaired) electrons. The zero-order chi connectivity index (χ0) is 9.86. The van der Waals surface area contributed by atoms with Crippen LogP contribution in [-0.4, -0.2) is 18.5 Å². The van der Waals surface area contributed by atoms with Crippen LogP contribution in [0, 0.1) is 11.3 Å². The van der Waals surface area contributed by atoms with Crippen molar-refractivity contribution in [1.82, 2.24) is 0 Å². The minimum Gasteiger partial charge on any atom is -0.381 e. The van der Waals surface area contributed by atoms with Crippen LogP contribution in [0.15, 0.2) is 12.2 Å². The number of rotatable bonds is 3. The third-order valence-electron chi connectivity index (χ3n) is 3.66. The molecule has 0 atom stereocenters. The van der Waals surface area contributed by atoms with Crippen LogP contribution in [0.5, 0.6) is 0 Å². The van der Waals surface area contributed by atoms with Gasteiger partial charge < -0.3 is 4.74 Å². The van der Waals surface area contributed by atoms with E-state index in [4.69, 9.17) is 4.74 Å². The molecule has 1 aliphatic heterocycles. The summed E-state index contributed by atoms with van der Waals surface area (Å²) in [5, 5.41) is 1.15. The Bertz CT molecular complexity index is 198. The molecular weight excluding hydrogens is 240 g/mol. The Balaban J connectivity index is 1.90. The van der Waals surface area contributed by atoms with Gasteiger partial charge in [-0.3, -0.25) is 0 Å². The molecule has 0 spiro atoms. The minimum atomic E-state index is 0.537. The van der Waals surface area contributed by atoms with Crippen molar-refractivity contribution in [2.45, 2.75) is 32.1 Å². The fourth-order valence-corrected chi connectivity index (χ4v) is 3.44. The predicted octanol–water partition coefficient (Wildman–Crippen LogP) is 3.53. The molecular formula is C12H19BrO. The first-order chi connectivity index (χ1) is 6.85. The molecule has 0 amide bonds. The first kappa shape index (κ1) is 10.7. The zero-order valence-electron chi connectivity index (χ0n) is 8.68. The molecule has 0 unspecified atom stereocenters. The molecule has 0 bridgehead atoms. The Morgan fingerprint density at radius 1 is 1.21 bits per heavy atom. The molecule has 1 nitrogen and oxygen atoms in total. The van der Waals surface area contributed by atoms with E-state index >= 15 is 0 Å². The van der Waals surface area contributed by atoms with Crippen LogP contribution in [0.25, 0.3) is 0 Å². The van der Waals surface area contributed by atoms with Gasteiger partial charge in [-0.25, -0.2) is 0 Å². The highest BCUT2D eigenvalue weighted by Gasteiger charge is 2.33. The lowest BCUT2D eigenvalue weighted by atomic mass is 9.74. The van der Waals surface area contributed by atoms with Crippen LogP contribution in [0.3, 0.4) is 0 Å². The molecule has 0 saturated carbocycles. The second kappa shape index (κ2) is 4.80. The average Bonchev–Trinajstić information content (AvgIpc) is 2.72. The largest absolute Gasteiger partial charge is 0.381 e. The number of alkyl halides is 1. The SMILES string of the molecule is BrCC1(CC2CC=CC2)CCOCC1. The lowest BCUT2D eigenvalue weighted by Gasteiger charge is -2.37. The summed E-state index contributed by atoms with van der Waals surface area (Å²) in [4.78, 5) is 0. The predicted molar refractivity (Wildman–Crippen MR) is 62.8 cm³/mol. The standard InChI is InChI=1S/C12H19BrO/c13-10-12(5-7-14-8-6-12)9-11-3-1-2-4-11/h1-2,11H,3-10H2. The van der Waals surface area contributed by atoms with Gasteiger partial charge in [-0.05, 0) is 43.4 Å². The van der Waals surface area contributed by atoms with Crippen LogP contribution in [0.2, 0.25) is 0 Å². The monoisotopic (exact) mass is 258 g/mol. The third-order valence-corrected chi connectivity index (χ3v) is 4.85. The Labute approximate surface area is 95.0 Å². The first-order valence-corrected chi connectivity index (χ1v) is 6.75. The summed E-state index contributed by atoms with van der Waals surface area (Å²) in [5.74, 6) is 0.908. The van der Waals surface area contributed by atoms with Crippen LogP contribution in [-0.2, 0) is 4.74 Å². The Morgan fingerprint density at radius 2 is 1.86 bits per heavy atom. The van der Waals surface area contributed by atoms with E-state index in [1.807, 2.05) is 0 Å². The van der Waals surface area contributed by atoms with Gasteiger partial charge in [-0.2, -0.15) is 0 Å². The van der Waals surface area contributed by atoms with Gasteiger partial charge in [-0.15, -0.1) is 0 Å². The van der Waals surface area contributed by atoms with Crippen molar-refractivity contribution in [3.63, 3.8) is 0 Å². The van der Waals surface area contributed by atoms with Gasteiger partial charge >= 0.3 is 0 Å². The van der Waals surface area contributed by atoms with Gasteiger partial charge in [0.1, 0.15) is 0 Å². The number of hydrogen-bond donors (Lipinski definition) is 0. The van der Waals surface area contributed by atoms with Gasteiger partial charge in [0.05, 0.1) is 0 Å². The normalized spacial score (nSPS) is 26.9. The van der Waals surface area contributed by atoms with Crippen LogP contribution < -0.4 is 0 Å². The fraction of sp³-hybridized carbons (Fsp3) is 0.833. The molecule has 1 fully saturated rings. The Hall–Kier alpha value is 0.180. The van der Waals surface area contributed by atoms with Crippen molar-refractivity contribution in [1.29, 1.82) is 0 Å². The van der Waals surface area contributed by atoms with Crippen molar-refractivity contribution >= 4 is 15.9 Å². The van der Waals surface area contributed by atoms with Crippen molar-refractivity contribution in [3.05, 3.63) is 12.2 Å². The van der Waals surface area contributed by atoms with E-state index in [0.717, 1.165) is 24.5 Å². The van der Waals surface area contributed by atoms with Crippen molar-refractivity contribution in [2.75, 3.05) is 18.5 Å². The lowest BCUT2D eigenvalue weighted by molar-refractivity contribution is 0.0156. The van der Waals surface area contributed by atoms with E-state index in [0.29, 0.717) is 5.41 Å². The summed E-state index contributed by atoms with van der Waals surface area (Å²) in [6.45, 7) is 1.93. The maximum atomic E-state index is 5.45. The fourth-order valence-electron chi connectivity index (χ4n) is 2.65. The molecule has 1 aliphatic carbocycles. The molecule has 2 aliphatic rings. The summed E-state index contributed by atoms with van der Waals surface area (Å²) in [7, 11) is 0. The number of allylic oxidation sites excluding steroid dienone is 2. The van der Waals surface area contributed by atoms with Gasteiger partial charge in [0.15, 0.2) is 0 Å². The number of ether oxygens (including phenoxy) is 1. The highest BCUT2D eigenvalue weighted by atomic mass is 79.9. The summed E-state index contributed by atoms with van der Waals surface area (Å²) in [6, 6.07) is 0. The molecule has 0 aromatic carbocycles. The Kier molecular flexibility index (Phi) is 3.67. The minimum absolute atomic E-state index is 0.537. The van der Waals surface area contributed by atoms with Gasteiger partial charge in [0.25, 0.3) is 0 Å². The summed E-state index contributed by atoms with van der Waals surface area (Å²) in [6.07, 6.45) is 11.2. The quantitative estimate of drug-likeness (QED) is 0.556. The molecule has 0 aromatic rings. The molecule has 80 valence electrons. The van der Waals surface area contributed by atoms with E-state index in [1.54, 1.807) is 0 Å². The smallest absolute Gasteiger partial charge is 0.0471 e. The molecule has 1 heterocycles. The number of halogens is 1. The maximum absolute atomic E-state index is 5.45. The summed E-state index contributed by atoms with van der Waals surface area (Å²) >= 11 is 3.70. The molecule has 0 aromatic heterocycles. The van der Waals surface area contributed by atoms with Crippen LogP contribution in [0.4, 0.5) is 0 Å². The van der Waals surface area contributed by atoms with E-state index in [-0.39, 0.29) is 0 Å². The average molecular weight is 259 g/mol. The van der Waals surface area contributed by atoms with Gasteiger partial charge in [-0.1, -0.05) is 28.1 Å². The van der Waals surface area contributed by atoms with Gasteiger partial charge in [0, 0.05) is 18.5 Å². The summed E-state index contributed by atoms with van der Waals surface area (Å²) < 4.78 is 5.45. The molecule has 1 saturated heterocycles. The second-order valence-corrected chi connectivity index (χ2v) is 5.32. The third kappa shape index (κ3) is 2.40. The van der Waals surface area contributed by atoms with E-state index in [9.17, 15) is 0 Å².